The number of nitrogens with one attached hydrogen (secondary N) is 2. The minimum Gasteiger partial charge on any atom is -0.349 e. The van der Waals surface area contributed by atoms with Crippen LogP contribution in [0, 0.1) is 11.3 Å². The van der Waals surface area contributed by atoms with Gasteiger partial charge in [-0.15, -0.1) is 0 Å². The molecular formula is C17H17BrN4O. The Kier molecular flexibility index (Phi) is 5.72. The Balaban J connectivity index is 2.32. The summed E-state index contributed by atoms with van der Waals surface area (Å²) in [6.45, 7) is 3.88. The smallest absolute Gasteiger partial charge is 0.262 e. The number of aromatic nitrogens is 2. The number of halogens is 1. The summed E-state index contributed by atoms with van der Waals surface area (Å²) in [6, 6.07) is 9.68. The Morgan fingerprint density at radius 1 is 1.48 bits per heavy atom. The summed E-state index contributed by atoms with van der Waals surface area (Å²) >= 11 is 3.39. The van der Waals surface area contributed by atoms with Crippen LogP contribution in [-0.4, -0.2) is 22.1 Å². The number of hydrogen-bond acceptors (Lipinski definition) is 3. The van der Waals surface area contributed by atoms with Gasteiger partial charge in [0.15, 0.2) is 0 Å². The molecule has 2 aromatic rings. The van der Waals surface area contributed by atoms with Crippen molar-refractivity contribution in [2.75, 3.05) is 0 Å². The summed E-state index contributed by atoms with van der Waals surface area (Å²) in [6.07, 6.45) is 3.96. The van der Waals surface area contributed by atoms with E-state index in [0.717, 1.165) is 22.2 Å². The molecule has 2 rings (SSSR count). The van der Waals surface area contributed by atoms with Gasteiger partial charge in [0.1, 0.15) is 11.6 Å². The average Bonchev–Trinajstić information content (AvgIpc) is 3.01. The first-order valence-electron chi connectivity index (χ1n) is 7.27. The van der Waals surface area contributed by atoms with Crippen LogP contribution in [0.1, 0.15) is 25.8 Å². The van der Waals surface area contributed by atoms with Gasteiger partial charge in [-0.2, -0.15) is 10.4 Å². The minimum absolute atomic E-state index is 0.0227. The quantitative estimate of drug-likeness (QED) is 0.620. The number of nitriles is 1. The molecule has 0 aliphatic heterocycles. The van der Waals surface area contributed by atoms with Crippen LogP contribution in [0.5, 0.6) is 0 Å². The molecule has 1 unspecified atom stereocenters. The highest BCUT2D eigenvalue weighted by molar-refractivity contribution is 9.10. The Morgan fingerprint density at radius 2 is 2.17 bits per heavy atom. The van der Waals surface area contributed by atoms with Crippen LogP contribution in [0.2, 0.25) is 0 Å². The van der Waals surface area contributed by atoms with Gasteiger partial charge in [0.25, 0.3) is 5.91 Å². The monoisotopic (exact) mass is 372 g/mol. The zero-order valence-electron chi connectivity index (χ0n) is 12.9. The summed E-state index contributed by atoms with van der Waals surface area (Å²) in [5, 5.41) is 19.0. The average molecular weight is 373 g/mol. The molecule has 5 nitrogen and oxygen atoms in total. The van der Waals surface area contributed by atoms with E-state index in [4.69, 9.17) is 0 Å². The SMILES string of the molecule is CCC(C)NC(=O)/C(C#N)=C\c1cn[nH]c1-c1ccc(Br)cc1. The molecule has 1 heterocycles. The maximum Gasteiger partial charge on any atom is 0.262 e. The second kappa shape index (κ2) is 7.75. The van der Waals surface area contributed by atoms with Crippen molar-refractivity contribution >= 4 is 27.9 Å². The van der Waals surface area contributed by atoms with Crippen LogP contribution < -0.4 is 5.32 Å². The lowest BCUT2D eigenvalue weighted by molar-refractivity contribution is -0.117. The third kappa shape index (κ3) is 4.30. The van der Waals surface area contributed by atoms with Crippen molar-refractivity contribution in [1.29, 1.82) is 5.26 Å². The second-order valence-corrected chi connectivity index (χ2v) is 6.08. The molecule has 23 heavy (non-hydrogen) atoms. The Morgan fingerprint density at radius 3 is 2.78 bits per heavy atom. The lowest BCUT2D eigenvalue weighted by Gasteiger charge is -2.10. The highest BCUT2D eigenvalue weighted by Gasteiger charge is 2.13. The van der Waals surface area contributed by atoms with E-state index in [2.05, 4.69) is 31.4 Å². The first-order chi connectivity index (χ1) is 11.0. The lowest BCUT2D eigenvalue weighted by atomic mass is 10.1. The number of benzene rings is 1. The molecule has 2 N–H and O–H groups in total. The van der Waals surface area contributed by atoms with Crippen molar-refractivity contribution in [2.24, 2.45) is 0 Å². The summed E-state index contributed by atoms with van der Waals surface area (Å²) in [5.74, 6) is -0.371. The molecule has 0 saturated carbocycles. The van der Waals surface area contributed by atoms with Crippen LogP contribution in [0.15, 0.2) is 40.5 Å². The molecular weight excluding hydrogens is 356 g/mol. The molecule has 0 fully saturated rings. The fraction of sp³-hybridized carbons (Fsp3) is 0.235. The van der Waals surface area contributed by atoms with Gasteiger partial charge in [-0.25, -0.2) is 0 Å². The first kappa shape index (κ1) is 17.0. The Bertz CT molecular complexity index is 756. The lowest BCUT2D eigenvalue weighted by Crippen LogP contribution is -2.32. The van der Waals surface area contributed by atoms with Crippen molar-refractivity contribution < 1.29 is 4.79 Å². The van der Waals surface area contributed by atoms with Gasteiger partial charge in [0.05, 0.1) is 11.9 Å². The first-order valence-corrected chi connectivity index (χ1v) is 8.06. The molecule has 1 aromatic heterocycles. The third-order valence-electron chi connectivity index (χ3n) is 3.46. The van der Waals surface area contributed by atoms with E-state index in [1.165, 1.54) is 0 Å². The van der Waals surface area contributed by atoms with E-state index in [1.54, 1.807) is 12.3 Å². The highest BCUT2D eigenvalue weighted by atomic mass is 79.9. The van der Waals surface area contributed by atoms with Crippen molar-refractivity contribution in [3.63, 3.8) is 0 Å². The van der Waals surface area contributed by atoms with Crippen LogP contribution in [-0.2, 0) is 4.79 Å². The van der Waals surface area contributed by atoms with Gasteiger partial charge in [-0.3, -0.25) is 9.89 Å². The molecule has 118 valence electrons. The number of nitrogens with zero attached hydrogens (tertiary/aromatic N) is 2. The van der Waals surface area contributed by atoms with Crippen LogP contribution in [0.25, 0.3) is 17.3 Å². The number of H-pyrrole nitrogens is 1. The number of amides is 1. The molecule has 1 amide bonds. The van der Waals surface area contributed by atoms with Crippen molar-refractivity contribution in [2.45, 2.75) is 26.3 Å². The summed E-state index contributed by atoms with van der Waals surface area (Å²) in [7, 11) is 0. The molecule has 1 aromatic carbocycles. The molecule has 6 heteroatoms. The Labute approximate surface area is 143 Å². The normalized spacial score (nSPS) is 12.5. The van der Waals surface area contributed by atoms with Crippen LogP contribution >= 0.6 is 15.9 Å². The summed E-state index contributed by atoms with van der Waals surface area (Å²) in [4.78, 5) is 12.1. The standard InChI is InChI=1S/C17H17BrN4O/c1-3-11(2)21-17(23)13(9-19)8-14-10-20-22-16(14)12-4-6-15(18)7-5-12/h4-8,10-11H,3H2,1-2H3,(H,20,22)(H,21,23)/b13-8-. The number of aromatic amines is 1. The molecule has 0 bridgehead atoms. The third-order valence-corrected chi connectivity index (χ3v) is 3.99. The largest absolute Gasteiger partial charge is 0.349 e. The van der Waals surface area contributed by atoms with E-state index in [0.29, 0.717) is 5.56 Å². The molecule has 0 spiro atoms. The maximum atomic E-state index is 12.1. The zero-order valence-corrected chi connectivity index (χ0v) is 14.5. The van der Waals surface area contributed by atoms with Gasteiger partial charge in [0.2, 0.25) is 0 Å². The van der Waals surface area contributed by atoms with Crippen LogP contribution in [0.3, 0.4) is 0 Å². The van der Waals surface area contributed by atoms with E-state index in [-0.39, 0.29) is 17.5 Å². The van der Waals surface area contributed by atoms with Crippen molar-refractivity contribution in [1.82, 2.24) is 15.5 Å². The summed E-state index contributed by atoms with van der Waals surface area (Å²) in [5.41, 5.74) is 2.45. The van der Waals surface area contributed by atoms with Gasteiger partial charge in [-0.05, 0) is 31.6 Å². The molecule has 0 saturated heterocycles. The van der Waals surface area contributed by atoms with Gasteiger partial charge < -0.3 is 5.32 Å². The molecule has 0 radical (unpaired) electrons. The van der Waals surface area contributed by atoms with Gasteiger partial charge >= 0.3 is 0 Å². The Hall–Kier alpha value is -2.39. The minimum atomic E-state index is -0.371. The molecule has 0 aliphatic carbocycles. The molecule has 0 aliphatic rings. The van der Waals surface area contributed by atoms with E-state index >= 15 is 0 Å². The number of carbonyl (C=O) groups excluding carboxylic acids is 1. The summed E-state index contributed by atoms with van der Waals surface area (Å²) < 4.78 is 0.975. The second-order valence-electron chi connectivity index (χ2n) is 5.16. The predicted molar refractivity (Wildman–Crippen MR) is 93.2 cm³/mol. The number of carbonyl (C=O) groups is 1. The van der Waals surface area contributed by atoms with E-state index in [1.807, 2.05) is 44.2 Å². The fourth-order valence-electron chi connectivity index (χ4n) is 1.96. The van der Waals surface area contributed by atoms with Gasteiger partial charge in [-0.1, -0.05) is 35.0 Å². The van der Waals surface area contributed by atoms with E-state index < -0.39 is 0 Å². The topological polar surface area (TPSA) is 81.6 Å². The van der Waals surface area contributed by atoms with Gasteiger partial charge in [0, 0.05) is 21.6 Å². The predicted octanol–water partition coefficient (Wildman–Crippen LogP) is 3.66. The molecule has 1 atom stereocenters. The van der Waals surface area contributed by atoms with Crippen LogP contribution in [0.4, 0.5) is 0 Å². The highest BCUT2D eigenvalue weighted by Crippen LogP contribution is 2.24. The fourth-order valence-corrected chi connectivity index (χ4v) is 2.22. The van der Waals surface area contributed by atoms with E-state index in [9.17, 15) is 10.1 Å². The van der Waals surface area contributed by atoms with Crippen molar-refractivity contribution in [3.8, 4) is 17.3 Å². The zero-order chi connectivity index (χ0) is 16.8. The number of rotatable bonds is 5. The van der Waals surface area contributed by atoms with Crippen molar-refractivity contribution in [3.05, 3.63) is 46.1 Å². The maximum absolute atomic E-state index is 12.1. The number of hydrogen-bond donors (Lipinski definition) is 2.